The Bertz CT molecular complexity index is 229. The summed E-state index contributed by atoms with van der Waals surface area (Å²) >= 11 is 0. The number of rotatable bonds is 1. The van der Waals surface area contributed by atoms with Crippen molar-refractivity contribution in [2.75, 3.05) is 6.54 Å². The third-order valence-corrected chi connectivity index (χ3v) is 4.27. The average Bonchev–Trinajstić information content (AvgIpc) is 2.62. The quantitative estimate of drug-likeness (QED) is 0.543. The maximum absolute atomic E-state index is 10.0. The summed E-state index contributed by atoms with van der Waals surface area (Å²) in [6.07, 6.45) is 1.03. The monoisotopic (exact) mass is 185 g/mol. The number of hydrogen-bond donors (Lipinski definition) is 3. The fraction of sp³-hybridized carbons (Fsp3) is 1.00. The number of hydrogen-bond acceptors (Lipinski definition) is 3. The molecule has 3 heteroatoms. The molecule has 3 nitrogen and oxygen atoms in total. The van der Waals surface area contributed by atoms with Gasteiger partial charge in [0.15, 0.2) is 0 Å². The molecule has 2 saturated carbocycles. The zero-order chi connectivity index (χ0) is 9.85. The van der Waals surface area contributed by atoms with Gasteiger partial charge < -0.3 is 15.9 Å². The van der Waals surface area contributed by atoms with Crippen molar-refractivity contribution < 1.29 is 10.2 Å². The van der Waals surface area contributed by atoms with Crippen LogP contribution < -0.4 is 5.73 Å². The van der Waals surface area contributed by atoms with E-state index in [1.807, 2.05) is 0 Å². The lowest BCUT2D eigenvalue weighted by molar-refractivity contribution is -0.101. The van der Waals surface area contributed by atoms with Gasteiger partial charge in [-0.2, -0.15) is 0 Å². The van der Waals surface area contributed by atoms with Crippen molar-refractivity contribution in [3.63, 3.8) is 0 Å². The molecule has 0 radical (unpaired) electrons. The third-order valence-electron chi connectivity index (χ3n) is 4.27. The molecule has 0 aliphatic heterocycles. The SMILES string of the molecule is CC1(C)[C@@H]2[C@@H](O)[C@](O)(CN)CC[C@@H]21. The van der Waals surface area contributed by atoms with Crippen molar-refractivity contribution in [2.45, 2.75) is 38.4 Å². The fourth-order valence-electron chi connectivity index (χ4n) is 3.08. The van der Waals surface area contributed by atoms with Gasteiger partial charge in [-0.3, -0.25) is 0 Å². The van der Waals surface area contributed by atoms with Gasteiger partial charge >= 0.3 is 0 Å². The molecule has 0 unspecified atom stereocenters. The van der Waals surface area contributed by atoms with E-state index in [4.69, 9.17) is 5.73 Å². The summed E-state index contributed by atoms with van der Waals surface area (Å²) in [5.41, 5.74) is 4.68. The molecule has 13 heavy (non-hydrogen) atoms. The Labute approximate surface area is 78.9 Å². The van der Waals surface area contributed by atoms with Crippen LogP contribution in [0.5, 0.6) is 0 Å². The first kappa shape index (κ1) is 9.44. The van der Waals surface area contributed by atoms with Gasteiger partial charge in [-0.15, -0.1) is 0 Å². The molecule has 0 amide bonds. The molecule has 4 N–H and O–H groups in total. The Kier molecular flexibility index (Phi) is 1.79. The second-order valence-corrected chi connectivity index (χ2v) is 5.24. The maximum Gasteiger partial charge on any atom is 0.103 e. The fourth-order valence-corrected chi connectivity index (χ4v) is 3.08. The van der Waals surface area contributed by atoms with Crippen molar-refractivity contribution >= 4 is 0 Å². The van der Waals surface area contributed by atoms with Crippen molar-refractivity contribution in [1.82, 2.24) is 0 Å². The molecular weight excluding hydrogens is 166 g/mol. The van der Waals surface area contributed by atoms with Gasteiger partial charge in [-0.1, -0.05) is 13.8 Å². The molecule has 2 aliphatic rings. The number of aliphatic hydroxyl groups excluding tert-OH is 1. The minimum Gasteiger partial charge on any atom is -0.390 e. The van der Waals surface area contributed by atoms with E-state index in [9.17, 15) is 10.2 Å². The maximum atomic E-state index is 10.0. The summed E-state index contributed by atoms with van der Waals surface area (Å²) in [5, 5.41) is 19.9. The molecule has 4 atom stereocenters. The van der Waals surface area contributed by atoms with Gasteiger partial charge in [-0.25, -0.2) is 0 Å². The largest absolute Gasteiger partial charge is 0.390 e. The molecule has 76 valence electrons. The Hall–Kier alpha value is -0.120. The van der Waals surface area contributed by atoms with Crippen molar-refractivity contribution in [1.29, 1.82) is 0 Å². The molecule has 2 fully saturated rings. The predicted molar refractivity (Wildman–Crippen MR) is 50.0 cm³/mol. The number of nitrogens with two attached hydrogens (primary N) is 1. The van der Waals surface area contributed by atoms with E-state index in [0.717, 1.165) is 6.42 Å². The van der Waals surface area contributed by atoms with Gasteiger partial charge in [0.05, 0.1) is 6.10 Å². The second kappa shape index (κ2) is 2.47. The van der Waals surface area contributed by atoms with Crippen molar-refractivity contribution in [3.05, 3.63) is 0 Å². The lowest BCUT2D eigenvalue weighted by Crippen LogP contribution is -2.52. The van der Waals surface area contributed by atoms with Crippen LogP contribution in [0, 0.1) is 17.3 Å². The number of fused-ring (bicyclic) bond motifs is 1. The Morgan fingerprint density at radius 3 is 2.62 bits per heavy atom. The van der Waals surface area contributed by atoms with Crippen LogP contribution in [0.25, 0.3) is 0 Å². The minimum atomic E-state index is -1.02. The van der Waals surface area contributed by atoms with Gasteiger partial charge in [0.1, 0.15) is 5.60 Å². The van der Waals surface area contributed by atoms with Crippen LogP contribution in [0.4, 0.5) is 0 Å². The summed E-state index contributed by atoms with van der Waals surface area (Å²) in [5.74, 6) is 0.851. The normalized spacial score (nSPS) is 52.8. The summed E-state index contributed by atoms with van der Waals surface area (Å²) in [6, 6.07) is 0. The van der Waals surface area contributed by atoms with Crippen LogP contribution in [-0.2, 0) is 0 Å². The van der Waals surface area contributed by atoms with Crippen LogP contribution in [0.3, 0.4) is 0 Å². The van der Waals surface area contributed by atoms with Crippen LogP contribution in [-0.4, -0.2) is 28.5 Å². The van der Waals surface area contributed by atoms with Crippen LogP contribution in [0.15, 0.2) is 0 Å². The minimum absolute atomic E-state index is 0.174. The van der Waals surface area contributed by atoms with Gasteiger partial charge in [0.2, 0.25) is 0 Å². The van der Waals surface area contributed by atoms with Gasteiger partial charge in [-0.05, 0) is 30.1 Å². The topological polar surface area (TPSA) is 66.5 Å². The van der Waals surface area contributed by atoms with E-state index in [1.165, 1.54) is 0 Å². The van der Waals surface area contributed by atoms with E-state index in [0.29, 0.717) is 12.3 Å². The van der Waals surface area contributed by atoms with E-state index < -0.39 is 11.7 Å². The first-order chi connectivity index (χ1) is 5.93. The highest BCUT2D eigenvalue weighted by atomic mass is 16.3. The summed E-state index contributed by atoms with van der Waals surface area (Å²) in [6.45, 7) is 4.50. The molecule has 2 aliphatic carbocycles. The lowest BCUT2D eigenvalue weighted by Gasteiger charge is -2.35. The number of aliphatic hydroxyl groups is 2. The standard InChI is InChI=1S/C10H19NO2/c1-9(2)6-3-4-10(13,5-11)8(12)7(6)9/h6-8,12-13H,3-5,11H2,1-2H3/t6-,7-,8+,10+/m0/s1. The van der Waals surface area contributed by atoms with E-state index >= 15 is 0 Å². The van der Waals surface area contributed by atoms with Crippen LogP contribution in [0.1, 0.15) is 26.7 Å². The highest BCUT2D eigenvalue weighted by Gasteiger charge is 2.66. The zero-order valence-electron chi connectivity index (χ0n) is 8.33. The van der Waals surface area contributed by atoms with Crippen LogP contribution in [0.2, 0.25) is 0 Å². The summed E-state index contributed by atoms with van der Waals surface area (Å²) < 4.78 is 0. The van der Waals surface area contributed by atoms with E-state index in [2.05, 4.69) is 13.8 Å². The molecule has 0 aromatic heterocycles. The predicted octanol–water partition coefficient (Wildman–Crippen LogP) is 0.103. The summed E-state index contributed by atoms with van der Waals surface area (Å²) in [4.78, 5) is 0. The van der Waals surface area contributed by atoms with Crippen molar-refractivity contribution in [3.8, 4) is 0 Å². The molecule has 0 saturated heterocycles. The molecule has 2 rings (SSSR count). The van der Waals surface area contributed by atoms with Crippen LogP contribution >= 0.6 is 0 Å². The average molecular weight is 185 g/mol. The first-order valence-electron chi connectivity index (χ1n) is 5.04. The Morgan fingerprint density at radius 1 is 1.46 bits per heavy atom. The van der Waals surface area contributed by atoms with E-state index in [-0.39, 0.29) is 17.9 Å². The summed E-state index contributed by atoms with van der Waals surface area (Å²) in [7, 11) is 0. The molecular formula is C10H19NO2. The lowest BCUT2D eigenvalue weighted by atomic mass is 9.82. The van der Waals surface area contributed by atoms with Gasteiger partial charge in [0.25, 0.3) is 0 Å². The highest BCUT2D eigenvalue weighted by Crippen LogP contribution is 2.66. The Balaban J connectivity index is 2.17. The zero-order valence-corrected chi connectivity index (χ0v) is 8.33. The van der Waals surface area contributed by atoms with Crippen molar-refractivity contribution in [2.24, 2.45) is 23.0 Å². The third kappa shape index (κ3) is 1.07. The second-order valence-electron chi connectivity index (χ2n) is 5.24. The molecule has 0 aromatic carbocycles. The molecule has 0 heterocycles. The Morgan fingerprint density at radius 2 is 2.08 bits per heavy atom. The highest BCUT2D eigenvalue weighted by molar-refractivity contribution is 5.16. The van der Waals surface area contributed by atoms with Gasteiger partial charge in [0, 0.05) is 6.54 Å². The molecule has 0 spiro atoms. The molecule has 0 aromatic rings. The van der Waals surface area contributed by atoms with E-state index in [1.54, 1.807) is 0 Å². The smallest absolute Gasteiger partial charge is 0.103 e. The first-order valence-corrected chi connectivity index (χ1v) is 5.04. The molecule has 0 bridgehead atoms.